The molecule has 8 heteroatoms. The van der Waals surface area contributed by atoms with Crippen LogP contribution in [0.5, 0.6) is 5.88 Å². The average Bonchev–Trinajstić information content (AvgIpc) is 3.23. The molecule has 0 aliphatic heterocycles. The molecule has 3 aromatic heterocycles. The molecular formula is C19H29N5O2Si. The molecule has 0 unspecified atom stereocenters. The fourth-order valence-electron chi connectivity index (χ4n) is 3.04. The maximum atomic E-state index is 5.78. The van der Waals surface area contributed by atoms with Gasteiger partial charge in [0.25, 0.3) is 0 Å². The normalized spacial score (nSPS) is 12.1. The third kappa shape index (κ3) is 4.22. The Balaban J connectivity index is 1.82. The Labute approximate surface area is 161 Å². The van der Waals surface area contributed by atoms with Gasteiger partial charge in [-0.1, -0.05) is 26.6 Å². The Bertz CT molecular complexity index is 926. The Hall–Kier alpha value is -2.19. The largest absolute Gasteiger partial charge is 0.481 e. The lowest BCUT2D eigenvalue weighted by molar-refractivity contribution is 0.0786. The van der Waals surface area contributed by atoms with Crippen molar-refractivity contribution in [2.75, 3.05) is 13.7 Å². The van der Waals surface area contributed by atoms with Crippen molar-refractivity contribution in [3.8, 4) is 17.0 Å². The Kier molecular flexibility index (Phi) is 5.66. The van der Waals surface area contributed by atoms with E-state index in [1.165, 1.54) is 0 Å². The zero-order valence-electron chi connectivity index (χ0n) is 17.1. The maximum absolute atomic E-state index is 5.78. The molecule has 0 saturated carbocycles. The lowest BCUT2D eigenvalue weighted by atomic mass is 10.1. The first-order valence-corrected chi connectivity index (χ1v) is 13.1. The van der Waals surface area contributed by atoms with Crippen molar-refractivity contribution in [3.05, 3.63) is 29.8 Å². The summed E-state index contributed by atoms with van der Waals surface area (Å²) < 4.78 is 15.0. The molecular weight excluding hydrogens is 358 g/mol. The summed E-state index contributed by atoms with van der Waals surface area (Å²) >= 11 is 0. The summed E-state index contributed by atoms with van der Waals surface area (Å²) in [5.41, 5.74) is 4.72. The van der Waals surface area contributed by atoms with Gasteiger partial charge >= 0.3 is 0 Å². The Morgan fingerprint density at radius 2 is 1.93 bits per heavy atom. The van der Waals surface area contributed by atoms with E-state index in [0.29, 0.717) is 6.73 Å². The van der Waals surface area contributed by atoms with Crippen LogP contribution in [-0.4, -0.2) is 46.2 Å². The van der Waals surface area contributed by atoms with Gasteiger partial charge in [0.2, 0.25) is 5.88 Å². The van der Waals surface area contributed by atoms with Gasteiger partial charge in [-0.05, 0) is 19.4 Å². The predicted molar refractivity (Wildman–Crippen MR) is 109 cm³/mol. The minimum atomic E-state index is -1.07. The molecule has 3 aromatic rings. The van der Waals surface area contributed by atoms with Gasteiger partial charge in [0.15, 0.2) is 5.65 Å². The molecule has 3 heterocycles. The molecule has 27 heavy (non-hydrogen) atoms. The van der Waals surface area contributed by atoms with Gasteiger partial charge < -0.3 is 9.47 Å². The van der Waals surface area contributed by atoms with Crippen molar-refractivity contribution in [2.45, 2.75) is 52.7 Å². The van der Waals surface area contributed by atoms with E-state index in [-0.39, 0.29) is 0 Å². The van der Waals surface area contributed by atoms with Crippen LogP contribution in [0.1, 0.15) is 18.2 Å². The number of aryl methyl sites for hydroxylation is 1. The van der Waals surface area contributed by atoms with Crippen molar-refractivity contribution in [1.82, 2.24) is 24.4 Å². The van der Waals surface area contributed by atoms with Crippen LogP contribution >= 0.6 is 0 Å². The minimum absolute atomic E-state index is 0.458. The van der Waals surface area contributed by atoms with Gasteiger partial charge in [-0.25, -0.2) is 9.67 Å². The molecule has 0 atom stereocenters. The number of methoxy groups -OCH3 is 1. The van der Waals surface area contributed by atoms with E-state index < -0.39 is 8.07 Å². The van der Waals surface area contributed by atoms with Crippen LogP contribution in [0.15, 0.2) is 18.6 Å². The van der Waals surface area contributed by atoms with Gasteiger partial charge in [0, 0.05) is 43.3 Å². The summed E-state index contributed by atoms with van der Waals surface area (Å²) in [6, 6.07) is 1.15. The molecule has 3 rings (SSSR count). The number of hydrogen-bond acceptors (Lipinski definition) is 5. The summed E-state index contributed by atoms with van der Waals surface area (Å²) in [6.45, 7) is 12.4. The van der Waals surface area contributed by atoms with Gasteiger partial charge in [-0.3, -0.25) is 0 Å². The zero-order chi connectivity index (χ0) is 19.6. The molecule has 0 N–H and O–H groups in total. The fourth-order valence-corrected chi connectivity index (χ4v) is 3.79. The standard InChI is InChI=1S/C19H29N5O2Si/c1-7-16-14(2)22-18-17(11-21-24(18)19(16)25-3)15-10-20-23(12-15)13-26-8-9-27(4,5)6/h10-12H,7-9,13H2,1-6H3. The molecule has 0 bridgehead atoms. The van der Waals surface area contributed by atoms with Crippen LogP contribution in [-0.2, 0) is 17.9 Å². The van der Waals surface area contributed by atoms with Gasteiger partial charge in [0.05, 0.1) is 19.5 Å². The molecule has 0 aliphatic rings. The third-order valence-electron chi connectivity index (χ3n) is 4.62. The van der Waals surface area contributed by atoms with E-state index in [4.69, 9.17) is 14.5 Å². The highest BCUT2D eigenvalue weighted by atomic mass is 28.3. The van der Waals surface area contributed by atoms with Crippen molar-refractivity contribution in [2.24, 2.45) is 0 Å². The van der Waals surface area contributed by atoms with Crippen LogP contribution in [0.4, 0.5) is 0 Å². The number of rotatable bonds is 8. The summed E-state index contributed by atoms with van der Waals surface area (Å²) in [6.07, 6.45) is 6.47. The fraction of sp³-hybridized carbons (Fsp3) is 0.526. The molecule has 0 radical (unpaired) electrons. The van der Waals surface area contributed by atoms with E-state index in [2.05, 4.69) is 36.8 Å². The average molecular weight is 388 g/mol. The topological polar surface area (TPSA) is 66.5 Å². The summed E-state index contributed by atoms with van der Waals surface area (Å²) in [5, 5.41) is 8.91. The smallest absolute Gasteiger partial charge is 0.221 e. The third-order valence-corrected chi connectivity index (χ3v) is 6.32. The molecule has 0 spiro atoms. The lowest BCUT2D eigenvalue weighted by Gasteiger charge is -2.15. The number of nitrogens with zero attached hydrogens (tertiary/aromatic N) is 5. The van der Waals surface area contributed by atoms with E-state index >= 15 is 0 Å². The Morgan fingerprint density at radius 1 is 1.15 bits per heavy atom. The molecule has 0 amide bonds. The molecule has 0 aromatic carbocycles. The SMILES string of the molecule is CCc1c(C)nc2c(-c3cnn(COCC[Si](C)(C)C)c3)cnn2c1OC. The summed E-state index contributed by atoms with van der Waals surface area (Å²) in [5.74, 6) is 0.744. The van der Waals surface area contributed by atoms with Gasteiger partial charge in [-0.2, -0.15) is 14.7 Å². The maximum Gasteiger partial charge on any atom is 0.221 e. The van der Waals surface area contributed by atoms with E-state index in [1.807, 2.05) is 30.2 Å². The van der Waals surface area contributed by atoms with Gasteiger partial charge in [0.1, 0.15) is 6.73 Å². The lowest BCUT2D eigenvalue weighted by Crippen LogP contribution is -2.22. The molecule has 7 nitrogen and oxygen atoms in total. The number of aromatic nitrogens is 5. The van der Waals surface area contributed by atoms with Crippen molar-refractivity contribution in [1.29, 1.82) is 0 Å². The second-order valence-corrected chi connectivity index (χ2v) is 13.6. The van der Waals surface area contributed by atoms with Crippen LogP contribution in [0, 0.1) is 6.92 Å². The van der Waals surface area contributed by atoms with Crippen LogP contribution in [0.25, 0.3) is 16.8 Å². The van der Waals surface area contributed by atoms with Gasteiger partial charge in [-0.15, -0.1) is 0 Å². The van der Waals surface area contributed by atoms with Crippen LogP contribution < -0.4 is 4.74 Å². The van der Waals surface area contributed by atoms with Crippen LogP contribution in [0.3, 0.4) is 0 Å². The highest BCUT2D eigenvalue weighted by Crippen LogP contribution is 2.29. The first-order valence-electron chi connectivity index (χ1n) is 9.36. The number of hydrogen-bond donors (Lipinski definition) is 0. The number of ether oxygens (including phenoxy) is 2. The van der Waals surface area contributed by atoms with Crippen LogP contribution in [0.2, 0.25) is 25.7 Å². The molecule has 0 fully saturated rings. The number of fused-ring (bicyclic) bond motifs is 1. The second kappa shape index (κ2) is 7.81. The first-order chi connectivity index (χ1) is 12.8. The Morgan fingerprint density at radius 3 is 2.59 bits per heavy atom. The minimum Gasteiger partial charge on any atom is -0.481 e. The highest BCUT2D eigenvalue weighted by molar-refractivity contribution is 6.76. The van der Waals surface area contributed by atoms with E-state index in [1.54, 1.807) is 11.6 Å². The van der Waals surface area contributed by atoms with E-state index in [9.17, 15) is 0 Å². The van der Waals surface area contributed by atoms with E-state index in [0.717, 1.165) is 53.0 Å². The molecule has 146 valence electrons. The summed E-state index contributed by atoms with van der Waals surface area (Å²) in [4.78, 5) is 4.76. The molecule has 0 saturated heterocycles. The van der Waals surface area contributed by atoms with Crippen molar-refractivity contribution >= 4 is 13.7 Å². The second-order valence-electron chi connectivity index (χ2n) is 7.95. The highest BCUT2D eigenvalue weighted by Gasteiger charge is 2.18. The monoisotopic (exact) mass is 387 g/mol. The molecule has 0 aliphatic carbocycles. The zero-order valence-corrected chi connectivity index (χ0v) is 18.1. The van der Waals surface area contributed by atoms with Crippen molar-refractivity contribution < 1.29 is 9.47 Å². The summed E-state index contributed by atoms with van der Waals surface area (Å²) in [7, 11) is 0.599. The van der Waals surface area contributed by atoms with Crippen molar-refractivity contribution in [3.63, 3.8) is 0 Å². The predicted octanol–water partition coefficient (Wildman–Crippen LogP) is 3.78. The quantitative estimate of drug-likeness (QED) is 0.435. The first kappa shape index (κ1) is 19.6.